The molecule has 0 amide bonds. The number of fused-ring (bicyclic) bond motifs is 4. The minimum Gasteiger partial charge on any atom is -0.339 e. The van der Waals surface area contributed by atoms with Gasteiger partial charge in [-0.3, -0.25) is 5.10 Å². The number of nitrogens with one attached hydrogen (secondary N) is 2. The van der Waals surface area contributed by atoms with E-state index in [4.69, 9.17) is 0 Å². The number of hydrogen-bond donors (Lipinski definition) is 2. The van der Waals surface area contributed by atoms with Crippen molar-refractivity contribution in [2.24, 2.45) is 5.92 Å². The van der Waals surface area contributed by atoms with E-state index in [9.17, 15) is 4.79 Å². The molecule has 0 bridgehead atoms. The van der Waals surface area contributed by atoms with Crippen LogP contribution in [-0.4, -0.2) is 32.7 Å². The van der Waals surface area contributed by atoms with Crippen molar-refractivity contribution in [3.63, 3.8) is 0 Å². The highest BCUT2D eigenvalue weighted by Crippen LogP contribution is 2.41. The molecule has 0 saturated heterocycles. The molecule has 1 aliphatic carbocycles. The lowest BCUT2D eigenvalue weighted by Gasteiger charge is -2.17. The largest absolute Gasteiger partial charge is 0.339 e. The quantitative estimate of drug-likeness (QED) is 0.395. The second kappa shape index (κ2) is 6.61. The van der Waals surface area contributed by atoms with Crippen LogP contribution in [0, 0.1) is 5.92 Å². The maximum Gasteiger partial charge on any atom is 0.142 e. The van der Waals surface area contributed by atoms with E-state index in [1.807, 2.05) is 6.20 Å². The van der Waals surface area contributed by atoms with Crippen molar-refractivity contribution in [3.8, 4) is 0 Å². The van der Waals surface area contributed by atoms with Gasteiger partial charge in [0.1, 0.15) is 23.3 Å². The lowest BCUT2D eigenvalue weighted by molar-refractivity contribution is -0.111. The first-order valence-electron chi connectivity index (χ1n) is 8.75. The topological polar surface area (TPSA) is 83.6 Å². The zero-order chi connectivity index (χ0) is 18.4. The smallest absolute Gasteiger partial charge is 0.142 e. The van der Waals surface area contributed by atoms with Gasteiger partial charge in [-0.25, -0.2) is 9.97 Å². The number of thioether (sulfide) groups is 1. The molecule has 27 heavy (non-hydrogen) atoms. The zero-order valence-electron chi connectivity index (χ0n) is 14.7. The van der Waals surface area contributed by atoms with Crippen molar-refractivity contribution in [1.82, 2.24) is 20.2 Å². The van der Waals surface area contributed by atoms with E-state index in [1.165, 1.54) is 10.4 Å². The molecule has 8 heteroatoms. The van der Waals surface area contributed by atoms with Crippen LogP contribution in [0.4, 0.5) is 11.5 Å². The first-order valence-corrected chi connectivity index (χ1v) is 10.8. The van der Waals surface area contributed by atoms with Gasteiger partial charge in [0.15, 0.2) is 0 Å². The molecule has 1 aliphatic rings. The number of H-pyrrole nitrogens is 1. The van der Waals surface area contributed by atoms with Crippen LogP contribution in [0.3, 0.4) is 0 Å². The molecule has 0 aliphatic heterocycles. The number of carbonyl (C=O) groups excluding carboxylic acids is 1. The lowest BCUT2D eigenvalue weighted by Crippen LogP contribution is -2.13. The van der Waals surface area contributed by atoms with Crippen LogP contribution in [0.15, 0.2) is 29.6 Å². The Morgan fingerprint density at radius 3 is 3.15 bits per heavy atom. The number of rotatable bonds is 4. The predicted octanol–water partition coefficient (Wildman–Crippen LogP) is 4.34. The molecule has 5 rings (SSSR count). The molecule has 0 radical (unpaired) electrons. The average molecular weight is 396 g/mol. The molecule has 0 unspecified atom stereocenters. The highest BCUT2D eigenvalue weighted by Gasteiger charge is 2.25. The molecular weight excluding hydrogens is 378 g/mol. The standard InChI is InChI=1S/C19H17N5OS2/c1-26-16-6-13-11(7-22-24-13)5-14(16)23-18-17-12-3-2-10(8-25)4-15(12)27-19(17)21-9-20-18/h5-10H,2-4H2,1H3,(H,22,24)(H,20,21,23)/t10-/m0/s1. The molecule has 4 aromatic rings. The maximum absolute atomic E-state index is 11.2. The molecular formula is C19H17N5OS2. The summed E-state index contributed by atoms with van der Waals surface area (Å²) < 4.78 is 0. The predicted molar refractivity (Wildman–Crippen MR) is 110 cm³/mol. The van der Waals surface area contributed by atoms with E-state index in [1.54, 1.807) is 29.4 Å². The van der Waals surface area contributed by atoms with Crippen LogP contribution in [0.1, 0.15) is 16.9 Å². The molecule has 3 aromatic heterocycles. The molecule has 1 atom stereocenters. The third kappa shape index (κ3) is 2.80. The number of aromatic nitrogens is 4. The number of hydrogen-bond acceptors (Lipinski definition) is 7. The van der Waals surface area contributed by atoms with E-state index in [2.05, 4.69) is 43.9 Å². The van der Waals surface area contributed by atoms with Crippen molar-refractivity contribution < 1.29 is 4.79 Å². The fourth-order valence-electron chi connectivity index (χ4n) is 3.71. The minimum atomic E-state index is 0.126. The van der Waals surface area contributed by atoms with E-state index in [-0.39, 0.29) is 5.92 Å². The summed E-state index contributed by atoms with van der Waals surface area (Å²) in [6, 6.07) is 4.20. The van der Waals surface area contributed by atoms with Gasteiger partial charge in [0.05, 0.1) is 22.8 Å². The van der Waals surface area contributed by atoms with Crippen molar-refractivity contribution in [3.05, 3.63) is 35.1 Å². The van der Waals surface area contributed by atoms with Crippen LogP contribution < -0.4 is 5.32 Å². The van der Waals surface area contributed by atoms with Crippen molar-refractivity contribution in [2.75, 3.05) is 11.6 Å². The SMILES string of the molecule is CSc1cc2[nH]ncc2cc1Nc1ncnc2sc3c(c12)CC[C@H](C=O)C3. The van der Waals surface area contributed by atoms with Gasteiger partial charge < -0.3 is 10.1 Å². The lowest BCUT2D eigenvalue weighted by atomic mass is 9.89. The Labute approximate surface area is 163 Å². The summed E-state index contributed by atoms with van der Waals surface area (Å²) in [6.45, 7) is 0. The number of aromatic amines is 1. The Hall–Kier alpha value is -2.45. The minimum absolute atomic E-state index is 0.126. The van der Waals surface area contributed by atoms with E-state index in [0.717, 1.165) is 63.1 Å². The fourth-order valence-corrected chi connectivity index (χ4v) is 5.56. The molecule has 2 N–H and O–H groups in total. The summed E-state index contributed by atoms with van der Waals surface area (Å²) in [5, 5.41) is 12.8. The maximum atomic E-state index is 11.2. The van der Waals surface area contributed by atoms with Crippen LogP contribution >= 0.6 is 23.1 Å². The molecule has 136 valence electrons. The monoisotopic (exact) mass is 395 g/mol. The van der Waals surface area contributed by atoms with Gasteiger partial charge in [0.2, 0.25) is 0 Å². The van der Waals surface area contributed by atoms with Gasteiger partial charge in [-0.2, -0.15) is 5.10 Å². The number of nitrogens with zero attached hydrogens (tertiary/aromatic N) is 3. The van der Waals surface area contributed by atoms with Crippen LogP contribution in [0.5, 0.6) is 0 Å². The molecule has 0 fully saturated rings. The summed E-state index contributed by atoms with van der Waals surface area (Å²) in [6.07, 6.45) is 9.19. The summed E-state index contributed by atoms with van der Waals surface area (Å²) in [5.41, 5.74) is 3.33. The zero-order valence-corrected chi connectivity index (χ0v) is 16.3. The van der Waals surface area contributed by atoms with E-state index < -0.39 is 0 Å². The Kier molecular flexibility index (Phi) is 4.09. The number of aryl methyl sites for hydroxylation is 1. The Morgan fingerprint density at radius 2 is 2.30 bits per heavy atom. The fraction of sp³-hybridized carbons (Fsp3) is 0.263. The Bertz CT molecular complexity index is 1170. The summed E-state index contributed by atoms with van der Waals surface area (Å²) in [5.74, 6) is 0.960. The second-order valence-electron chi connectivity index (χ2n) is 6.68. The van der Waals surface area contributed by atoms with Gasteiger partial charge in [0, 0.05) is 21.1 Å². The van der Waals surface area contributed by atoms with Crippen molar-refractivity contribution in [1.29, 1.82) is 0 Å². The third-order valence-corrected chi connectivity index (χ3v) is 7.03. The number of benzene rings is 1. The number of thiophene rings is 1. The molecule has 6 nitrogen and oxygen atoms in total. The number of aldehydes is 1. The van der Waals surface area contributed by atoms with Crippen LogP contribution in [-0.2, 0) is 17.6 Å². The second-order valence-corrected chi connectivity index (χ2v) is 8.61. The Morgan fingerprint density at radius 1 is 1.37 bits per heavy atom. The molecule has 0 saturated carbocycles. The normalized spacial score (nSPS) is 16.6. The van der Waals surface area contributed by atoms with Crippen molar-refractivity contribution in [2.45, 2.75) is 24.2 Å². The first-order chi connectivity index (χ1) is 13.3. The number of anilines is 2. The molecule has 0 spiro atoms. The van der Waals surface area contributed by atoms with Gasteiger partial charge in [-0.15, -0.1) is 23.1 Å². The van der Waals surface area contributed by atoms with Gasteiger partial charge >= 0.3 is 0 Å². The third-order valence-electron chi connectivity index (χ3n) is 5.09. The van der Waals surface area contributed by atoms with E-state index in [0.29, 0.717) is 0 Å². The summed E-state index contributed by atoms with van der Waals surface area (Å²) in [4.78, 5) is 23.6. The molecule has 3 heterocycles. The van der Waals surface area contributed by atoms with Crippen molar-refractivity contribution >= 4 is 62.0 Å². The van der Waals surface area contributed by atoms with Crippen LogP contribution in [0.2, 0.25) is 0 Å². The molecule has 1 aromatic carbocycles. The van der Waals surface area contributed by atoms with E-state index >= 15 is 0 Å². The van der Waals surface area contributed by atoms with Gasteiger partial charge in [-0.05, 0) is 43.2 Å². The van der Waals surface area contributed by atoms with Crippen LogP contribution in [0.25, 0.3) is 21.1 Å². The summed E-state index contributed by atoms with van der Waals surface area (Å²) in [7, 11) is 0. The van der Waals surface area contributed by atoms with Gasteiger partial charge in [-0.1, -0.05) is 0 Å². The number of carbonyl (C=O) groups is 1. The van der Waals surface area contributed by atoms with Gasteiger partial charge in [0.25, 0.3) is 0 Å². The highest BCUT2D eigenvalue weighted by molar-refractivity contribution is 7.98. The highest BCUT2D eigenvalue weighted by atomic mass is 32.2. The summed E-state index contributed by atoms with van der Waals surface area (Å²) >= 11 is 3.37. The average Bonchev–Trinajstić information content (AvgIpc) is 3.30. The Balaban J connectivity index is 1.62. The first kappa shape index (κ1) is 16.7.